The quantitative estimate of drug-likeness (QED) is 0.625. The zero-order chi connectivity index (χ0) is 9.82. The topological polar surface area (TPSA) is 21.6 Å². The Kier molecular flexibility index (Phi) is 15.3. The minimum atomic E-state index is 0.801. The van der Waals surface area contributed by atoms with E-state index >= 15 is 0 Å². The molecule has 1 aliphatic heterocycles. The van der Waals surface area contributed by atoms with E-state index < -0.39 is 0 Å². The van der Waals surface area contributed by atoms with Crippen molar-refractivity contribution >= 4 is 5.71 Å². The van der Waals surface area contributed by atoms with Gasteiger partial charge in [0.2, 0.25) is 0 Å². The molecule has 0 unspecified atom stereocenters. The number of hydrogen-bond acceptors (Lipinski definition) is 2. The predicted octanol–water partition coefficient (Wildman–Crippen LogP) is 3.62. The third-order valence-electron chi connectivity index (χ3n) is 1.21. The van der Waals surface area contributed by atoms with E-state index in [1.807, 2.05) is 27.7 Å². The summed E-state index contributed by atoms with van der Waals surface area (Å²) in [5.74, 6) is 0. The van der Waals surface area contributed by atoms with Gasteiger partial charge in [-0.15, -0.1) is 0 Å². The van der Waals surface area contributed by atoms with Crippen LogP contribution in [0.15, 0.2) is 5.16 Å². The average molecular weight is 173 g/mol. The van der Waals surface area contributed by atoms with E-state index in [4.69, 9.17) is 4.84 Å². The van der Waals surface area contributed by atoms with Gasteiger partial charge in [0.1, 0.15) is 6.61 Å². The molecular weight excluding hydrogens is 150 g/mol. The minimum Gasteiger partial charge on any atom is -0.395 e. The summed E-state index contributed by atoms with van der Waals surface area (Å²) in [6.45, 7) is 11.0. The van der Waals surface area contributed by atoms with Crippen LogP contribution in [0, 0.1) is 0 Å². The fourth-order valence-electron chi connectivity index (χ4n) is 0.805. The second-order valence-corrected chi connectivity index (χ2v) is 1.99. The molecule has 0 aromatic carbocycles. The third-order valence-corrected chi connectivity index (χ3v) is 1.21. The van der Waals surface area contributed by atoms with Gasteiger partial charge in [0, 0.05) is 6.42 Å². The molecule has 0 fully saturated rings. The van der Waals surface area contributed by atoms with E-state index in [9.17, 15) is 0 Å². The number of hydrogen-bond donors (Lipinski definition) is 0. The van der Waals surface area contributed by atoms with Gasteiger partial charge in [0.15, 0.2) is 0 Å². The highest BCUT2D eigenvalue weighted by Gasteiger charge is 2.04. The van der Waals surface area contributed by atoms with Gasteiger partial charge in [0.25, 0.3) is 0 Å². The van der Waals surface area contributed by atoms with Crippen LogP contribution < -0.4 is 0 Å². The van der Waals surface area contributed by atoms with Crippen molar-refractivity contribution in [1.82, 2.24) is 0 Å². The maximum atomic E-state index is 4.80. The first-order valence-electron chi connectivity index (χ1n) is 5.11. The van der Waals surface area contributed by atoms with Crippen LogP contribution in [0.5, 0.6) is 0 Å². The summed E-state index contributed by atoms with van der Waals surface area (Å²) >= 11 is 0. The normalized spacial score (nSPS) is 12.9. The summed E-state index contributed by atoms with van der Waals surface area (Å²) in [5, 5.41) is 3.84. The van der Waals surface area contributed by atoms with Crippen molar-refractivity contribution in [3.8, 4) is 0 Å². The molecule has 0 aliphatic carbocycles. The molecule has 0 bridgehead atoms. The van der Waals surface area contributed by atoms with Crippen molar-refractivity contribution in [3.05, 3.63) is 0 Å². The molecule has 0 aromatic heterocycles. The summed E-state index contributed by atoms with van der Waals surface area (Å²) < 4.78 is 0. The Hall–Kier alpha value is -0.530. The highest BCUT2D eigenvalue weighted by Crippen LogP contribution is 2.04. The van der Waals surface area contributed by atoms with Crippen molar-refractivity contribution in [2.45, 2.75) is 53.9 Å². The molecule has 0 radical (unpaired) electrons. The fourth-order valence-corrected chi connectivity index (χ4v) is 0.805. The molecule has 0 aromatic rings. The second kappa shape index (κ2) is 13.1. The van der Waals surface area contributed by atoms with Gasteiger partial charge in [-0.05, 0) is 6.42 Å². The monoisotopic (exact) mass is 173 g/mol. The first kappa shape index (κ1) is 14.0. The number of rotatable bonds is 2. The molecule has 0 amide bonds. The molecule has 1 aliphatic rings. The van der Waals surface area contributed by atoms with Gasteiger partial charge in [-0.3, -0.25) is 0 Å². The summed E-state index contributed by atoms with van der Waals surface area (Å²) in [4.78, 5) is 4.80. The minimum absolute atomic E-state index is 0.801. The molecule has 0 atom stereocenters. The van der Waals surface area contributed by atoms with Crippen molar-refractivity contribution in [2.75, 3.05) is 6.61 Å². The van der Waals surface area contributed by atoms with Crippen molar-refractivity contribution in [3.63, 3.8) is 0 Å². The lowest BCUT2D eigenvalue weighted by atomic mass is 10.2. The molecule has 0 saturated heterocycles. The Bertz CT molecular complexity index is 100. The first-order chi connectivity index (χ1) is 5.93. The van der Waals surface area contributed by atoms with E-state index in [1.165, 1.54) is 12.1 Å². The van der Waals surface area contributed by atoms with Gasteiger partial charge in [-0.25, -0.2) is 0 Å². The summed E-state index contributed by atoms with van der Waals surface area (Å²) in [6, 6.07) is 0. The Labute approximate surface area is 77.0 Å². The standard InChI is InChI=1S/C6H11NO.2C2H6/c1-2-3-6-4-5-8-7-6;2*1-2/h2-5H2,1H3;2*1-2H3. The van der Waals surface area contributed by atoms with Gasteiger partial charge in [0.05, 0.1) is 5.71 Å². The predicted molar refractivity (Wildman–Crippen MR) is 55.6 cm³/mol. The molecule has 1 heterocycles. The molecule has 0 N–H and O–H groups in total. The largest absolute Gasteiger partial charge is 0.395 e. The first-order valence-corrected chi connectivity index (χ1v) is 5.11. The maximum absolute atomic E-state index is 4.80. The van der Waals surface area contributed by atoms with Gasteiger partial charge >= 0.3 is 0 Å². The molecule has 2 nitrogen and oxygen atoms in total. The van der Waals surface area contributed by atoms with Crippen molar-refractivity contribution < 1.29 is 4.84 Å². The van der Waals surface area contributed by atoms with Crippen LogP contribution in [0.1, 0.15) is 53.9 Å². The van der Waals surface area contributed by atoms with E-state index in [1.54, 1.807) is 0 Å². The van der Waals surface area contributed by atoms with Crippen LogP contribution in [0.25, 0.3) is 0 Å². The maximum Gasteiger partial charge on any atom is 0.122 e. The molecule has 74 valence electrons. The Balaban J connectivity index is 0. The zero-order valence-corrected chi connectivity index (χ0v) is 9.18. The van der Waals surface area contributed by atoms with Crippen molar-refractivity contribution in [1.29, 1.82) is 0 Å². The SMILES string of the molecule is CC.CC.CCCC1=NOCC1. The van der Waals surface area contributed by atoms with E-state index in [-0.39, 0.29) is 0 Å². The van der Waals surface area contributed by atoms with Gasteiger partial charge in [-0.1, -0.05) is 46.2 Å². The van der Waals surface area contributed by atoms with Crippen LogP contribution in [-0.2, 0) is 4.84 Å². The van der Waals surface area contributed by atoms with Crippen LogP contribution in [0.4, 0.5) is 0 Å². The lowest BCUT2D eigenvalue weighted by Crippen LogP contribution is -1.91. The smallest absolute Gasteiger partial charge is 0.122 e. The van der Waals surface area contributed by atoms with Gasteiger partial charge in [-0.2, -0.15) is 0 Å². The highest BCUT2D eigenvalue weighted by atomic mass is 16.6. The van der Waals surface area contributed by atoms with Gasteiger partial charge < -0.3 is 4.84 Å². The molecule has 2 heteroatoms. The van der Waals surface area contributed by atoms with Crippen LogP contribution in [-0.4, -0.2) is 12.3 Å². The van der Waals surface area contributed by atoms with Crippen LogP contribution in [0.2, 0.25) is 0 Å². The van der Waals surface area contributed by atoms with Crippen LogP contribution >= 0.6 is 0 Å². The average Bonchev–Trinajstić information content (AvgIpc) is 2.65. The zero-order valence-electron chi connectivity index (χ0n) is 9.18. The molecule has 1 rings (SSSR count). The van der Waals surface area contributed by atoms with Crippen LogP contribution in [0.3, 0.4) is 0 Å². The second-order valence-electron chi connectivity index (χ2n) is 1.99. The highest BCUT2D eigenvalue weighted by molar-refractivity contribution is 5.84. The summed E-state index contributed by atoms with van der Waals surface area (Å²) in [5.41, 5.74) is 1.23. The van der Waals surface area contributed by atoms with E-state index in [0.29, 0.717) is 0 Å². The molecular formula is C10H23NO. The lowest BCUT2D eigenvalue weighted by molar-refractivity contribution is 0.173. The van der Waals surface area contributed by atoms with E-state index in [0.717, 1.165) is 19.4 Å². The third kappa shape index (κ3) is 7.58. The van der Waals surface area contributed by atoms with E-state index in [2.05, 4.69) is 12.1 Å². The fraction of sp³-hybridized carbons (Fsp3) is 0.900. The Morgan fingerprint density at radius 2 is 1.83 bits per heavy atom. The number of nitrogens with zero attached hydrogens (tertiary/aromatic N) is 1. The summed E-state index contributed by atoms with van der Waals surface area (Å²) in [6.07, 6.45) is 3.34. The summed E-state index contributed by atoms with van der Waals surface area (Å²) in [7, 11) is 0. The van der Waals surface area contributed by atoms with Crippen molar-refractivity contribution in [2.24, 2.45) is 5.16 Å². The number of oxime groups is 1. The lowest BCUT2D eigenvalue weighted by Gasteiger charge is -1.87. The Morgan fingerprint density at radius 1 is 1.25 bits per heavy atom. The molecule has 0 spiro atoms. The Morgan fingerprint density at radius 3 is 2.17 bits per heavy atom. The molecule has 0 saturated carbocycles. The molecule has 12 heavy (non-hydrogen) atoms.